The molecule has 0 aromatic carbocycles. The first-order valence-electron chi connectivity index (χ1n) is 6.87. The minimum absolute atomic E-state index is 0.657. The molecule has 0 spiro atoms. The van der Waals surface area contributed by atoms with Crippen molar-refractivity contribution < 1.29 is 0 Å². The van der Waals surface area contributed by atoms with Crippen LogP contribution in [0, 0.1) is 0 Å². The highest BCUT2D eigenvalue weighted by Gasteiger charge is 2.16. The monoisotopic (exact) mass is 223 g/mol. The van der Waals surface area contributed by atoms with E-state index in [-0.39, 0.29) is 0 Å². The summed E-state index contributed by atoms with van der Waals surface area (Å²) in [5, 5.41) is 3.53. The van der Waals surface area contributed by atoms with Gasteiger partial charge in [-0.3, -0.25) is 9.89 Å². The second-order valence-corrected chi connectivity index (χ2v) is 5.11. The Morgan fingerprint density at radius 2 is 2.00 bits per heavy atom. The first-order valence-corrected chi connectivity index (χ1v) is 6.87. The van der Waals surface area contributed by atoms with E-state index in [2.05, 4.69) is 22.1 Å². The highest BCUT2D eigenvalue weighted by atomic mass is 15.2. The Morgan fingerprint density at radius 1 is 1.19 bits per heavy atom. The average molecular weight is 223 g/mol. The van der Waals surface area contributed by atoms with Crippen LogP contribution in [0.3, 0.4) is 0 Å². The Bertz CT molecular complexity index is 231. The molecular formula is C13H25N3. The van der Waals surface area contributed by atoms with E-state index < -0.39 is 0 Å². The van der Waals surface area contributed by atoms with Gasteiger partial charge in [0, 0.05) is 25.6 Å². The van der Waals surface area contributed by atoms with Crippen molar-refractivity contribution in [3.8, 4) is 0 Å². The Balaban J connectivity index is 1.69. The van der Waals surface area contributed by atoms with Crippen molar-refractivity contribution in [1.82, 2.24) is 10.2 Å². The number of rotatable bonds is 3. The number of piperidine rings is 1. The van der Waals surface area contributed by atoms with Gasteiger partial charge in [0.05, 0.1) is 5.84 Å². The normalized spacial score (nSPS) is 24.9. The lowest BCUT2D eigenvalue weighted by atomic mass is 10.1. The lowest BCUT2D eigenvalue weighted by molar-refractivity contribution is 0.174. The van der Waals surface area contributed by atoms with Gasteiger partial charge < -0.3 is 5.32 Å². The number of hydrogen-bond acceptors (Lipinski definition) is 3. The van der Waals surface area contributed by atoms with Crippen LogP contribution in [0.4, 0.5) is 0 Å². The summed E-state index contributed by atoms with van der Waals surface area (Å²) in [6.07, 6.45) is 7.92. The molecule has 16 heavy (non-hydrogen) atoms. The summed E-state index contributed by atoms with van der Waals surface area (Å²) >= 11 is 0. The summed E-state index contributed by atoms with van der Waals surface area (Å²) in [5.41, 5.74) is 0. The summed E-state index contributed by atoms with van der Waals surface area (Å²) in [4.78, 5) is 7.14. The van der Waals surface area contributed by atoms with Gasteiger partial charge in [0.1, 0.15) is 0 Å². The zero-order chi connectivity index (χ0) is 11.2. The fourth-order valence-corrected chi connectivity index (χ4v) is 2.60. The summed E-state index contributed by atoms with van der Waals surface area (Å²) in [7, 11) is 0. The largest absolute Gasteiger partial charge is 0.372 e. The van der Waals surface area contributed by atoms with Gasteiger partial charge in [0.2, 0.25) is 0 Å². The van der Waals surface area contributed by atoms with E-state index in [0.717, 1.165) is 19.5 Å². The minimum atomic E-state index is 0.657. The molecule has 3 heteroatoms. The van der Waals surface area contributed by atoms with Gasteiger partial charge in [-0.05, 0) is 45.7 Å². The van der Waals surface area contributed by atoms with Crippen molar-refractivity contribution in [2.45, 2.75) is 51.5 Å². The number of aliphatic imine (C=N–C) groups is 1. The van der Waals surface area contributed by atoms with Crippen molar-refractivity contribution >= 4 is 5.84 Å². The topological polar surface area (TPSA) is 27.6 Å². The fraction of sp³-hybridized carbons (Fsp3) is 0.923. The smallest absolute Gasteiger partial charge is 0.0963 e. The first-order chi connectivity index (χ1) is 7.86. The molecule has 0 radical (unpaired) electrons. The van der Waals surface area contributed by atoms with Gasteiger partial charge in [-0.25, -0.2) is 0 Å². The fourth-order valence-electron chi connectivity index (χ4n) is 2.60. The molecule has 0 saturated carbocycles. The van der Waals surface area contributed by atoms with E-state index >= 15 is 0 Å². The number of hydrogen-bond donors (Lipinski definition) is 1. The van der Waals surface area contributed by atoms with Crippen molar-refractivity contribution in [2.24, 2.45) is 4.99 Å². The summed E-state index contributed by atoms with van der Waals surface area (Å²) in [5.74, 6) is 1.25. The highest BCUT2D eigenvalue weighted by molar-refractivity contribution is 5.82. The molecule has 2 aliphatic heterocycles. The summed E-state index contributed by atoms with van der Waals surface area (Å²) < 4.78 is 0. The van der Waals surface area contributed by atoms with Crippen LogP contribution in [0.2, 0.25) is 0 Å². The van der Waals surface area contributed by atoms with Gasteiger partial charge >= 0.3 is 0 Å². The molecule has 0 bridgehead atoms. The van der Waals surface area contributed by atoms with Gasteiger partial charge in [-0.15, -0.1) is 0 Å². The number of nitrogens with zero attached hydrogens (tertiary/aromatic N) is 2. The van der Waals surface area contributed by atoms with Crippen molar-refractivity contribution in [3.05, 3.63) is 0 Å². The van der Waals surface area contributed by atoms with E-state index in [9.17, 15) is 0 Å². The first kappa shape index (κ1) is 11.9. The predicted octanol–water partition coefficient (Wildman–Crippen LogP) is 2.03. The van der Waals surface area contributed by atoms with Gasteiger partial charge in [-0.1, -0.05) is 6.42 Å². The molecule has 2 rings (SSSR count). The molecule has 0 aromatic rings. The van der Waals surface area contributed by atoms with Crippen LogP contribution in [0.15, 0.2) is 4.99 Å². The van der Waals surface area contributed by atoms with Crippen molar-refractivity contribution in [2.75, 3.05) is 26.2 Å². The lowest BCUT2D eigenvalue weighted by Crippen LogP contribution is -2.44. The molecule has 1 N–H and O–H groups in total. The van der Waals surface area contributed by atoms with Gasteiger partial charge in [-0.2, -0.15) is 0 Å². The standard InChI is InChI=1S/C13H25N3/c1-12(16-9-5-2-6-10-16)11-15-13-7-3-4-8-14-13/h12H,2-11H2,1H3,(H,14,15). The molecule has 0 amide bonds. The highest BCUT2D eigenvalue weighted by Crippen LogP contribution is 2.11. The van der Waals surface area contributed by atoms with Crippen molar-refractivity contribution in [3.63, 3.8) is 0 Å². The maximum atomic E-state index is 4.53. The third-order valence-electron chi connectivity index (χ3n) is 3.74. The third-order valence-corrected chi connectivity index (χ3v) is 3.74. The predicted molar refractivity (Wildman–Crippen MR) is 69.0 cm³/mol. The maximum Gasteiger partial charge on any atom is 0.0963 e. The maximum absolute atomic E-state index is 4.53. The lowest BCUT2D eigenvalue weighted by Gasteiger charge is -2.32. The van der Waals surface area contributed by atoms with E-state index in [1.54, 1.807) is 0 Å². The van der Waals surface area contributed by atoms with Gasteiger partial charge in [0.25, 0.3) is 0 Å². The second kappa shape index (κ2) is 6.24. The van der Waals surface area contributed by atoms with Crippen LogP contribution < -0.4 is 5.32 Å². The molecule has 1 saturated heterocycles. The Kier molecular flexibility index (Phi) is 4.64. The van der Waals surface area contributed by atoms with Crippen LogP contribution in [-0.4, -0.2) is 43.0 Å². The second-order valence-electron chi connectivity index (χ2n) is 5.11. The zero-order valence-corrected chi connectivity index (χ0v) is 10.5. The number of likely N-dealkylation sites (tertiary alicyclic amines) is 1. The summed E-state index contributed by atoms with van der Waals surface area (Å²) in [6, 6.07) is 0.657. The van der Waals surface area contributed by atoms with E-state index in [1.807, 2.05) is 0 Å². The molecule has 1 atom stereocenters. The molecule has 92 valence electrons. The average Bonchev–Trinajstić information content (AvgIpc) is 2.38. The van der Waals surface area contributed by atoms with Gasteiger partial charge in [0.15, 0.2) is 0 Å². The molecule has 0 aromatic heterocycles. The molecule has 3 nitrogen and oxygen atoms in total. The van der Waals surface area contributed by atoms with E-state index in [0.29, 0.717) is 6.04 Å². The number of nitrogens with one attached hydrogen (secondary N) is 1. The van der Waals surface area contributed by atoms with Crippen LogP contribution in [0.25, 0.3) is 0 Å². The van der Waals surface area contributed by atoms with E-state index in [4.69, 9.17) is 0 Å². The van der Waals surface area contributed by atoms with Crippen LogP contribution in [0.5, 0.6) is 0 Å². The Labute approximate surface area is 99.3 Å². The SMILES string of the molecule is CC(CNC1=NCCCC1)N1CCCCC1. The summed E-state index contributed by atoms with van der Waals surface area (Å²) in [6.45, 7) is 7.01. The zero-order valence-electron chi connectivity index (χ0n) is 10.5. The molecule has 0 aliphatic carbocycles. The van der Waals surface area contributed by atoms with Crippen LogP contribution in [0.1, 0.15) is 45.4 Å². The third kappa shape index (κ3) is 3.48. The molecule has 2 heterocycles. The Hall–Kier alpha value is -0.570. The molecule has 2 aliphatic rings. The van der Waals surface area contributed by atoms with Crippen molar-refractivity contribution in [1.29, 1.82) is 0 Å². The molecule has 1 fully saturated rings. The van der Waals surface area contributed by atoms with Crippen LogP contribution in [-0.2, 0) is 0 Å². The molecule has 1 unspecified atom stereocenters. The van der Waals surface area contributed by atoms with Crippen LogP contribution >= 0.6 is 0 Å². The minimum Gasteiger partial charge on any atom is -0.372 e. The van der Waals surface area contributed by atoms with E-state index in [1.165, 1.54) is 51.0 Å². The Morgan fingerprint density at radius 3 is 2.69 bits per heavy atom. The molecular weight excluding hydrogens is 198 g/mol. The quantitative estimate of drug-likeness (QED) is 0.793. The number of amidine groups is 1.